The molecule has 5 fully saturated rings. The lowest BCUT2D eigenvalue weighted by molar-refractivity contribution is -0.122. The van der Waals surface area contributed by atoms with Crippen molar-refractivity contribution in [1.29, 1.82) is 0 Å². The van der Waals surface area contributed by atoms with Crippen LogP contribution < -0.4 is 15.0 Å². The van der Waals surface area contributed by atoms with Crippen LogP contribution in [-0.2, 0) is 21.6 Å². The molecule has 4 bridgehead atoms. The van der Waals surface area contributed by atoms with E-state index in [0.717, 1.165) is 28.2 Å². The van der Waals surface area contributed by atoms with Gasteiger partial charge < -0.3 is 4.74 Å². The summed E-state index contributed by atoms with van der Waals surface area (Å²) in [6.07, 6.45) is 9.16. The summed E-state index contributed by atoms with van der Waals surface area (Å²) in [7, 11) is 0. The van der Waals surface area contributed by atoms with Crippen LogP contribution in [0.4, 0.5) is 10.5 Å². The topological polar surface area (TPSA) is 75.7 Å². The molecule has 0 aromatic heterocycles. The number of rotatable bonds is 6. The van der Waals surface area contributed by atoms with Crippen LogP contribution >= 0.6 is 23.2 Å². The van der Waals surface area contributed by atoms with Crippen LogP contribution in [0.25, 0.3) is 6.08 Å². The Labute approximate surface area is 254 Å². The molecule has 1 heterocycles. The summed E-state index contributed by atoms with van der Waals surface area (Å²) >= 11 is 13.0. The van der Waals surface area contributed by atoms with Gasteiger partial charge in [0, 0.05) is 0 Å². The molecule has 3 aromatic rings. The molecule has 0 atom stereocenters. The molecule has 4 aliphatic carbocycles. The number of amides is 4. The van der Waals surface area contributed by atoms with Crippen LogP contribution in [0, 0.1) is 17.8 Å². The molecule has 0 unspecified atom stereocenters. The SMILES string of the molecule is O=C1NC(=O)N(c2ccc(C34CC5CC(CC(C5)C3)C4)cc2)C(=O)/C1=C/c1cc(Cl)c(OCc2ccccc2)c(Cl)c1. The van der Waals surface area contributed by atoms with Gasteiger partial charge in [-0.3, -0.25) is 14.9 Å². The fourth-order valence-corrected chi connectivity index (χ4v) is 8.63. The molecule has 4 amide bonds. The number of benzene rings is 3. The standard InChI is InChI=1S/C34H30Cl2N2O4/c35-28-14-21(15-29(36)30(28)42-19-20-4-2-1-3-5-20)13-27-31(39)37-33(41)38(32(27)40)26-8-6-25(7-9-26)34-16-22-10-23(17-34)12-24(11-22)18-34/h1-9,13-15,22-24H,10-12,16-19H2,(H,37,39,41)/b27-13+. The van der Waals surface area contributed by atoms with E-state index in [9.17, 15) is 14.4 Å². The Kier molecular flexibility index (Phi) is 6.87. The molecular formula is C34H30Cl2N2O4. The average Bonchev–Trinajstić information content (AvgIpc) is 2.95. The molecule has 8 rings (SSSR count). The monoisotopic (exact) mass is 600 g/mol. The highest BCUT2D eigenvalue weighted by Gasteiger charge is 2.51. The molecule has 3 aromatic carbocycles. The maximum atomic E-state index is 13.5. The molecule has 4 saturated carbocycles. The molecule has 8 heteroatoms. The highest BCUT2D eigenvalue weighted by molar-refractivity contribution is 6.40. The van der Waals surface area contributed by atoms with Gasteiger partial charge in [0.1, 0.15) is 12.2 Å². The second kappa shape index (κ2) is 10.6. The average molecular weight is 602 g/mol. The molecule has 6 nitrogen and oxygen atoms in total. The van der Waals surface area contributed by atoms with Gasteiger partial charge in [0.05, 0.1) is 15.7 Å². The lowest BCUT2D eigenvalue weighted by Crippen LogP contribution is -2.54. The number of hydrogen-bond donors (Lipinski definition) is 1. The molecule has 0 spiro atoms. The summed E-state index contributed by atoms with van der Waals surface area (Å²) in [4.78, 5) is 40.2. The Bertz CT molecular complexity index is 1560. The van der Waals surface area contributed by atoms with E-state index >= 15 is 0 Å². The summed E-state index contributed by atoms with van der Waals surface area (Å²) in [6.45, 7) is 0.278. The number of ether oxygens (including phenoxy) is 1. The zero-order valence-electron chi connectivity index (χ0n) is 22.9. The van der Waals surface area contributed by atoms with E-state index in [1.165, 1.54) is 50.2 Å². The predicted octanol–water partition coefficient (Wildman–Crippen LogP) is 7.71. The van der Waals surface area contributed by atoms with E-state index in [1.807, 2.05) is 42.5 Å². The van der Waals surface area contributed by atoms with E-state index in [0.29, 0.717) is 17.0 Å². The van der Waals surface area contributed by atoms with Crippen molar-refractivity contribution in [3.05, 3.63) is 99.0 Å². The smallest absolute Gasteiger partial charge is 0.335 e. The number of halogens is 2. The lowest BCUT2D eigenvalue weighted by Gasteiger charge is -2.57. The Hall–Kier alpha value is -3.61. The number of nitrogens with one attached hydrogen (secondary N) is 1. The van der Waals surface area contributed by atoms with Crippen molar-refractivity contribution in [2.24, 2.45) is 17.8 Å². The van der Waals surface area contributed by atoms with Gasteiger partial charge in [-0.25, -0.2) is 9.69 Å². The summed E-state index contributed by atoms with van der Waals surface area (Å²) < 4.78 is 5.83. The molecule has 1 N–H and O–H groups in total. The Balaban J connectivity index is 1.12. The Morgan fingerprint density at radius 1 is 0.857 bits per heavy atom. The zero-order valence-corrected chi connectivity index (χ0v) is 24.5. The Morgan fingerprint density at radius 2 is 1.45 bits per heavy atom. The number of anilines is 1. The van der Waals surface area contributed by atoms with E-state index in [-0.39, 0.29) is 27.6 Å². The molecule has 1 saturated heterocycles. The Morgan fingerprint density at radius 3 is 2.05 bits per heavy atom. The molecule has 5 aliphatic rings. The van der Waals surface area contributed by atoms with Gasteiger partial charge in [-0.1, -0.05) is 65.7 Å². The van der Waals surface area contributed by atoms with Crippen molar-refractivity contribution in [3.8, 4) is 5.75 Å². The van der Waals surface area contributed by atoms with Crippen molar-refractivity contribution in [1.82, 2.24) is 5.32 Å². The van der Waals surface area contributed by atoms with Crippen molar-refractivity contribution < 1.29 is 19.1 Å². The first-order valence-electron chi connectivity index (χ1n) is 14.5. The lowest BCUT2D eigenvalue weighted by atomic mass is 9.48. The second-order valence-electron chi connectivity index (χ2n) is 12.3. The molecule has 42 heavy (non-hydrogen) atoms. The molecule has 1 aliphatic heterocycles. The van der Waals surface area contributed by atoms with E-state index in [4.69, 9.17) is 27.9 Å². The fourth-order valence-electron chi connectivity index (χ4n) is 8.02. The van der Waals surface area contributed by atoms with Crippen LogP contribution in [0.1, 0.15) is 55.2 Å². The van der Waals surface area contributed by atoms with Crippen LogP contribution in [0.3, 0.4) is 0 Å². The third kappa shape index (κ3) is 4.91. The van der Waals surface area contributed by atoms with Crippen molar-refractivity contribution >= 4 is 52.8 Å². The maximum Gasteiger partial charge on any atom is 0.335 e. The number of nitrogens with zero attached hydrogens (tertiary/aromatic N) is 1. The maximum absolute atomic E-state index is 13.5. The first-order chi connectivity index (χ1) is 20.3. The number of carbonyl (C=O) groups is 3. The van der Waals surface area contributed by atoms with Crippen LogP contribution in [0.2, 0.25) is 10.0 Å². The normalized spacial score (nSPS) is 27.5. The third-order valence-electron chi connectivity index (χ3n) is 9.44. The molecular weight excluding hydrogens is 571 g/mol. The zero-order chi connectivity index (χ0) is 29.0. The summed E-state index contributed by atoms with van der Waals surface area (Å²) in [5, 5.41) is 2.78. The first kappa shape index (κ1) is 27.2. The van der Waals surface area contributed by atoms with Crippen molar-refractivity contribution in [2.75, 3.05) is 4.90 Å². The minimum absolute atomic E-state index is 0.190. The van der Waals surface area contributed by atoms with Crippen LogP contribution in [0.5, 0.6) is 5.75 Å². The number of hydrogen-bond acceptors (Lipinski definition) is 4. The van der Waals surface area contributed by atoms with Gasteiger partial charge in [0.2, 0.25) is 0 Å². The quantitative estimate of drug-likeness (QED) is 0.232. The van der Waals surface area contributed by atoms with Crippen molar-refractivity contribution in [3.63, 3.8) is 0 Å². The number of barbiturate groups is 1. The second-order valence-corrected chi connectivity index (χ2v) is 13.1. The minimum Gasteiger partial charge on any atom is -0.486 e. The third-order valence-corrected chi connectivity index (χ3v) is 10.00. The molecule has 0 radical (unpaired) electrons. The number of imide groups is 2. The predicted molar refractivity (Wildman–Crippen MR) is 163 cm³/mol. The highest BCUT2D eigenvalue weighted by atomic mass is 35.5. The summed E-state index contributed by atoms with van der Waals surface area (Å²) in [6, 6.07) is 19.8. The first-order valence-corrected chi connectivity index (χ1v) is 15.2. The molecule has 214 valence electrons. The van der Waals surface area contributed by atoms with E-state index < -0.39 is 17.8 Å². The highest BCUT2D eigenvalue weighted by Crippen LogP contribution is 2.60. The summed E-state index contributed by atoms with van der Waals surface area (Å²) in [5.41, 5.74) is 3.12. The number of urea groups is 1. The summed E-state index contributed by atoms with van der Waals surface area (Å²) in [5.74, 6) is 1.27. The van der Waals surface area contributed by atoms with Crippen LogP contribution in [0.15, 0.2) is 72.3 Å². The van der Waals surface area contributed by atoms with Gasteiger partial charge in [-0.2, -0.15) is 0 Å². The van der Waals surface area contributed by atoms with Crippen molar-refractivity contribution in [2.45, 2.75) is 50.5 Å². The largest absolute Gasteiger partial charge is 0.486 e. The van der Waals surface area contributed by atoms with Gasteiger partial charge in [0.25, 0.3) is 11.8 Å². The van der Waals surface area contributed by atoms with E-state index in [1.54, 1.807) is 12.1 Å². The van der Waals surface area contributed by atoms with E-state index in [2.05, 4.69) is 17.4 Å². The fraction of sp³-hybridized carbons (Fsp3) is 0.324. The van der Waals surface area contributed by atoms with Gasteiger partial charge in [0.15, 0.2) is 5.75 Å². The van der Waals surface area contributed by atoms with Gasteiger partial charge in [-0.15, -0.1) is 0 Å². The minimum atomic E-state index is -0.775. The van der Waals surface area contributed by atoms with Crippen LogP contribution in [-0.4, -0.2) is 17.8 Å². The van der Waals surface area contributed by atoms with Gasteiger partial charge in [-0.05, 0) is 109 Å². The number of carbonyl (C=O) groups excluding carboxylic acids is 3. The van der Waals surface area contributed by atoms with Gasteiger partial charge >= 0.3 is 6.03 Å².